The van der Waals surface area contributed by atoms with Gasteiger partial charge in [0.1, 0.15) is 0 Å². The summed E-state index contributed by atoms with van der Waals surface area (Å²) in [6.07, 6.45) is 0. The van der Waals surface area contributed by atoms with Gasteiger partial charge in [0.2, 0.25) is 10.0 Å². The van der Waals surface area contributed by atoms with Crippen LogP contribution in [0.15, 0.2) is 59.6 Å². The van der Waals surface area contributed by atoms with Crippen LogP contribution in [0.2, 0.25) is 0 Å². The first-order chi connectivity index (χ1) is 13.5. The van der Waals surface area contributed by atoms with Gasteiger partial charge in [0.25, 0.3) is 0 Å². The SMILES string of the molecule is CN=C(NCc1cccc(CS(=O)(=O)NC)c1)NCC(CO)c1ccccc1. The third-order valence-electron chi connectivity index (χ3n) is 4.35. The minimum Gasteiger partial charge on any atom is -0.396 e. The van der Waals surface area contributed by atoms with Crippen LogP contribution in [0.4, 0.5) is 0 Å². The second kappa shape index (κ2) is 10.8. The largest absolute Gasteiger partial charge is 0.396 e. The van der Waals surface area contributed by atoms with Gasteiger partial charge in [0.15, 0.2) is 5.96 Å². The maximum atomic E-state index is 11.7. The number of rotatable bonds is 9. The van der Waals surface area contributed by atoms with E-state index in [-0.39, 0.29) is 18.3 Å². The van der Waals surface area contributed by atoms with Gasteiger partial charge in [0.05, 0.1) is 12.4 Å². The van der Waals surface area contributed by atoms with Crippen molar-refractivity contribution in [3.05, 3.63) is 71.3 Å². The molecule has 1 unspecified atom stereocenters. The van der Waals surface area contributed by atoms with Crippen molar-refractivity contribution < 1.29 is 13.5 Å². The highest BCUT2D eigenvalue weighted by Gasteiger charge is 2.11. The molecule has 152 valence electrons. The first kappa shape index (κ1) is 21.9. The second-order valence-electron chi connectivity index (χ2n) is 6.38. The maximum absolute atomic E-state index is 11.7. The van der Waals surface area contributed by atoms with E-state index in [1.165, 1.54) is 7.05 Å². The summed E-state index contributed by atoms with van der Waals surface area (Å²) in [5.41, 5.74) is 2.74. The van der Waals surface area contributed by atoms with Crippen molar-refractivity contribution in [2.24, 2.45) is 4.99 Å². The van der Waals surface area contributed by atoms with E-state index in [1.54, 1.807) is 13.1 Å². The van der Waals surface area contributed by atoms with Crippen molar-refractivity contribution in [2.45, 2.75) is 18.2 Å². The predicted octanol–water partition coefficient (Wildman–Crippen LogP) is 1.18. The van der Waals surface area contributed by atoms with E-state index < -0.39 is 10.0 Å². The van der Waals surface area contributed by atoms with Crippen LogP contribution in [0.25, 0.3) is 0 Å². The predicted molar refractivity (Wildman–Crippen MR) is 113 cm³/mol. The molecule has 0 aliphatic carbocycles. The molecule has 0 radical (unpaired) electrons. The summed E-state index contributed by atoms with van der Waals surface area (Å²) in [5.74, 6) is 0.525. The van der Waals surface area contributed by atoms with E-state index in [0.717, 1.165) is 16.7 Å². The van der Waals surface area contributed by atoms with Crippen molar-refractivity contribution in [1.82, 2.24) is 15.4 Å². The van der Waals surface area contributed by atoms with E-state index in [4.69, 9.17) is 0 Å². The lowest BCUT2D eigenvalue weighted by atomic mass is 10.0. The van der Waals surface area contributed by atoms with Gasteiger partial charge in [-0.05, 0) is 23.7 Å². The normalized spacial score (nSPS) is 13.2. The summed E-state index contributed by atoms with van der Waals surface area (Å²) in [5, 5.41) is 16.1. The van der Waals surface area contributed by atoms with Crippen LogP contribution in [0.5, 0.6) is 0 Å². The highest BCUT2D eigenvalue weighted by molar-refractivity contribution is 7.88. The van der Waals surface area contributed by atoms with Crippen LogP contribution in [0, 0.1) is 0 Å². The Morgan fingerprint density at radius 1 is 1.07 bits per heavy atom. The number of benzene rings is 2. The highest BCUT2D eigenvalue weighted by atomic mass is 32.2. The lowest BCUT2D eigenvalue weighted by Crippen LogP contribution is -2.39. The number of hydrogen-bond donors (Lipinski definition) is 4. The molecular weight excluding hydrogens is 376 g/mol. The molecule has 0 fully saturated rings. The Kier molecular flexibility index (Phi) is 8.43. The van der Waals surface area contributed by atoms with E-state index in [1.807, 2.05) is 48.5 Å². The number of guanidine groups is 1. The van der Waals surface area contributed by atoms with Gasteiger partial charge in [-0.1, -0.05) is 54.6 Å². The molecule has 2 aromatic rings. The molecular formula is C20H28N4O3S. The van der Waals surface area contributed by atoms with Crippen molar-refractivity contribution >= 4 is 16.0 Å². The number of nitrogens with one attached hydrogen (secondary N) is 3. The monoisotopic (exact) mass is 404 g/mol. The van der Waals surface area contributed by atoms with Gasteiger partial charge in [-0.2, -0.15) is 0 Å². The topological polar surface area (TPSA) is 103 Å². The number of aliphatic imine (C=N–C) groups is 1. The molecule has 8 heteroatoms. The smallest absolute Gasteiger partial charge is 0.215 e. The molecule has 0 heterocycles. The molecule has 0 aliphatic rings. The van der Waals surface area contributed by atoms with Crippen LogP contribution in [-0.2, 0) is 22.3 Å². The van der Waals surface area contributed by atoms with Gasteiger partial charge >= 0.3 is 0 Å². The van der Waals surface area contributed by atoms with E-state index >= 15 is 0 Å². The van der Waals surface area contributed by atoms with Gasteiger partial charge in [-0.15, -0.1) is 0 Å². The molecule has 2 rings (SSSR count). The number of hydrogen-bond acceptors (Lipinski definition) is 4. The Morgan fingerprint density at radius 2 is 1.79 bits per heavy atom. The van der Waals surface area contributed by atoms with Gasteiger partial charge in [-0.3, -0.25) is 4.99 Å². The summed E-state index contributed by atoms with van der Waals surface area (Å²) in [6, 6.07) is 17.2. The Morgan fingerprint density at radius 3 is 2.43 bits per heavy atom. The molecule has 7 nitrogen and oxygen atoms in total. The van der Waals surface area contributed by atoms with Crippen LogP contribution in [0.3, 0.4) is 0 Å². The molecule has 4 N–H and O–H groups in total. The lowest BCUT2D eigenvalue weighted by Gasteiger charge is -2.18. The standard InChI is InChI=1S/C20H28N4O3S/c1-21-20(24-13-19(14-25)18-9-4-3-5-10-18)23-12-16-7-6-8-17(11-16)15-28(26,27)22-2/h3-11,19,22,25H,12-15H2,1-2H3,(H2,21,23,24). The molecule has 1 atom stereocenters. The number of aliphatic hydroxyl groups excluding tert-OH is 1. The number of sulfonamides is 1. The van der Waals surface area contributed by atoms with Crippen molar-refractivity contribution in [2.75, 3.05) is 27.2 Å². The zero-order valence-electron chi connectivity index (χ0n) is 16.2. The summed E-state index contributed by atoms with van der Waals surface area (Å²) in [7, 11) is -0.212. The molecule has 0 aromatic heterocycles. The first-order valence-corrected chi connectivity index (χ1v) is 10.7. The second-order valence-corrected chi connectivity index (χ2v) is 8.31. The Bertz CT molecular complexity index is 870. The van der Waals surface area contributed by atoms with Crippen molar-refractivity contribution in [1.29, 1.82) is 0 Å². The van der Waals surface area contributed by atoms with Crippen LogP contribution in [-0.4, -0.2) is 46.7 Å². The molecule has 0 bridgehead atoms. The van der Waals surface area contributed by atoms with Crippen LogP contribution in [0.1, 0.15) is 22.6 Å². The minimum atomic E-state index is -3.30. The molecule has 0 aliphatic heterocycles. The number of aliphatic hydroxyl groups is 1. The summed E-state index contributed by atoms with van der Waals surface area (Å²) in [6.45, 7) is 1.08. The zero-order valence-corrected chi connectivity index (χ0v) is 17.0. The third kappa shape index (κ3) is 6.95. The summed E-state index contributed by atoms with van der Waals surface area (Å²) in [4.78, 5) is 4.21. The maximum Gasteiger partial charge on any atom is 0.215 e. The zero-order chi connectivity index (χ0) is 20.4. The van der Waals surface area contributed by atoms with Crippen LogP contribution >= 0.6 is 0 Å². The van der Waals surface area contributed by atoms with E-state index in [9.17, 15) is 13.5 Å². The first-order valence-electron chi connectivity index (χ1n) is 9.06. The highest BCUT2D eigenvalue weighted by Crippen LogP contribution is 2.13. The van der Waals surface area contributed by atoms with Crippen molar-refractivity contribution in [3.63, 3.8) is 0 Å². The Balaban J connectivity index is 1.92. The fourth-order valence-corrected chi connectivity index (χ4v) is 3.52. The van der Waals surface area contributed by atoms with E-state index in [2.05, 4.69) is 20.3 Å². The van der Waals surface area contributed by atoms with E-state index in [0.29, 0.717) is 19.0 Å². The molecule has 0 spiro atoms. The summed E-state index contributed by atoms with van der Waals surface area (Å²) < 4.78 is 25.7. The fraction of sp³-hybridized carbons (Fsp3) is 0.350. The van der Waals surface area contributed by atoms with Gasteiger partial charge < -0.3 is 15.7 Å². The fourth-order valence-electron chi connectivity index (χ4n) is 2.76. The van der Waals surface area contributed by atoms with Crippen molar-refractivity contribution in [3.8, 4) is 0 Å². The average Bonchev–Trinajstić information content (AvgIpc) is 2.71. The molecule has 0 amide bonds. The lowest BCUT2D eigenvalue weighted by molar-refractivity contribution is 0.265. The Labute approximate surface area is 167 Å². The third-order valence-corrected chi connectivity index (χ3v) is 5.69. The van der Waals surface area contributed by atoms with Gasteiger partial charge in [0, 0.05) is 26.1 Å². The van der Waals surface area contributed by atoms with Crippen LogP contribution < -0.4 is 15.4 Å². The summed E-state index contributed by atoms with van der Waals surface area (Å²) >= 11 is 0. The molecule has 0 saturated carbocycles. The molecule has 0 saturated heterocycles. The van der Waals surface area contributed by atoms with Gasteiger partial charge in [-0.25, -0.2) is 13.1 Å². The number of nitrogens with zero attached hydrogens (tertiary/aromatic N) is 1. The molecule has 28 heavy (non-hydrogen) atoms. The average molecular weight is 405 g/mol. The Hall–Kier alpha value is -2.42. The quantitative estimate of drug-likeness (QED) is 0.371. The minimum absolute atomic E-state index is 0.0326. The molecule has 2 aromatic carbocycles.